The number of likely N-dealkylation sites (tertiary alicyclic amines) is 1. The highest BCUT2D eigenvalue weighted by Gasteiger charge is 2.43. The van der Waals surface area contributed by atoms with Gasteiger partial charge in [0.05, 0.1) is 18.2 Å². The van der Waals surface area contributed by atoms with Crippen LogP contribution in [0.3, 0.4) is 0 Å². The number of carbonyl (C=O) groups excluding carboxylic acids is 3. The Labute approximate surface area is 141 Å². The predicted molar refractivity (Wildman–Crippen MR) is 90.3 cm³/mol. The largest absolute Gasteiger partial charge is 0.369 e. The first-order chi connectivity index (χ1) is 11.4. The number of hydrogen-bond donors (Lipinski definition) is 1. The fourth-order valence-corrected chi connectivity index (χ4v) is 3.53. The van der Waals surface area contributed by atoms with Crippen LogP contribution in [0.4, 0.5) is 5.69 Å². The number of carbonyl (C=O) groups is 3. The fraction of sp³-hybridized carbons (Fsp3) is 0.500. The highest BCUT2D eigenvalue weighted by molar-refractivity contribution is 6.22. The van der Waals surface area contributed by atoms with Crippen LogP contribution in [0.25, 0.3) is 0 Å². The van der Waals surface area contributed by atoms with E-state index in [0.29, 0.717) is 31.6 Å². The number of imide groups is 1. The second kappa shape index (κ2) is 6.36. The molecule has 0 saturated carbocycles. The lowest BCUT2D eigenvalue weighted by Gasteiger charge is -2.33. The molecule has 2 N–H and O–H groups in total. The zero-order valence-electron chi connectivity index (χ0n) is 14.1. The van der Waals surface area contributed by atoms with Gasteiger partial charge in [0.2, 0.25) is 11.8 Å². The van der Waals surface area contributed by atoms with Crippen LogP contribution >= 0.6 is 0 Å². The topological polar surface area (TPSA) is 83.7 Å². The number of amides is 3. The van der Waals surface area contributed by atoms with E-state index in [9.17, 15) is 14.4 Å². The lowest BCUT2D eigenvalue weighted by molar-refractivity contribution is -0.124. The van der Waals surface area contributed by atoms with Gasteiger partial charge in [0.25, 0.3) is 5.91 Å². The highest BCUT2D eigenvalue weighted by Crippen LogP contribution is 2.29. The van der Waals surface area contributed by atoms with Crippen molar-refractivity contribution in [2.24, 2.45) is 11.7 Å². The van der Waals surface area contributed by atoms with Crippen LogP contribution in [0.1, 0.15) is 30.4 Å². The first-order valence-corrected chi connectivity index (χ1v) is 8.36. The molecule has 0 aromatic heterocycles. The van der Waals surface area contributed by atoms with Gasteiger partial charge in [0.15, 0.2) is 0 Å². The number of piperidine rings is 1. The molecule has 0 aliphatic carbocycles. The summed E-state index contributed by atoms with van der Waals surface area (Å²) in [4.78, 5) is 39.8. The number of benzene rings is 1. The van der Waals surface area contributed by atoms with Gasteiger partial charge in [0, 0.05) is 5.92 Å². The standard InChI is InChI=1S/C18H23N3O3/c1-11-3-4-14(9-12(11)2)21-16(22)10-15(18(21)24)20-7-5-13(6-8-20)17(19)23/h3-4,9,13,15H,5-8,10H2,1-2H3,(H2,19,23)/t15-/m1/s1. The highest BCUT2D eigenvalue weighted by atomic mass is 16.2. The summed E-state index contributed by atoms with van der Waals surface area (Å²) in [5.41, 5.74) is 8.18. The van der Waals surface area contributed by atoms with Gasteiger partial charge in [0.1, 0.15) is 0 Å². The number of nitrogens with two attached hydrogens (primary N) is 1. The van der Waals surface area contributed by atoms with Gasteiger partial charge in [-0.25, -0.2) is 4.90 Å². The van der Waals surface area contributed by atoms with E-state index in [-0.39, 0.29) is 30.1 Å². The van der Waals surface area contributed by atoms with Crippen LogP contribution in [0, 0.1) is 19.8 Å². The molecule has 3 rings (SSSR count). The van der Waals surface area contributed by atoms with Crippen LogP contribution in [0.15, 0.2) is 18.2 Å². The van der Waals surface area contributed by atoms with Crippen LogP contribution in [-0.2, 0) is 14.4 Å². The summed E-state index contributed by atoms with van der Waals surface area (Å²) in [6.45, 7) is 5.21. The molecule has 24 heavy (non-hydrogen) atoms. The first kappa shape index (κ1) is 16.6. The summed E-state index contributed by atoms with van der Waals surface area (Å²) < 4.78 is 0. The van der Waals surface area contributed by atoms with Crippen molar-refractivity contribution in [2.45, 2.75) is 39.2 Å². The quantitative estimate of drug-likeness (QED) is 0.843. The van der Waals surface area contributed by atoms with Crippen LogP contribution in [0.2, 0.25) is 0 Å². The fourth-order valence-electron chi connectivity index (χ4n) is 3.53. The van der Waals surface area contributed by atoms with Crippen LogP contribution in [0.5, 0.6) is 0 Å². The van der Waals surface area contributed by atoms with E-state index >= 15 is 0 Å². The van der Waals surface area contributed by atoms with Crippen molar-refractivity contribution in [1.82, 2.24) is 4.90 Å². The van der Waals surface area contributed by atoms with Gasteiger partial charge >= 0.3 is 0 Å². The molecular weight excluding hydrogens is 306 g/mol. The minimum absolute atomic E-state index is 0.121. The molecule has 6 nitrogen and oxygen atoms in total. The Hall–Kier alpha value is -2.21. The third kappa shape index (κ3) is 2.94. The molecule has 128 valence electrons. The molecule has 1 aromatic carbocycles. The Morgan fingerprint density at radius 1 is 1.12 bits per heavy atom. The minimum atomic E-state index is -0.423. The normalized spacial score (nSPS) is 23.1. The van der Waals surface area contributed by atoms with Crippen LogP contribution < -0.4 is 10.6 Å². The summed E-state index contributed by atoms with van der Waals surface area (Å²) in [5.74, 6) is -0.726. The number of rotatable bonds is 3. The van der Waals surface area contributed by atoms with Gasteiger partial charge in [-0.3, -0.25) is 19.3 Å². The molecule has 6 heteroatoms. The Kier molecular flexibility index (Phi) is 4.41. The van der Waals surface area contributed by atoms with Crippen molar-refractivity contribution < 1.29 is 14.4 Å². The van der Waals surface area contributed by atoms with Crippen molar-refractivity contribution in [3.8, 4) is 0 Å². The van der Waals surface area contributed by atoms with E-state index in [4.69, 9.17) is 5.73 Å². The zero-order chi connectivity index (χ0) is 17.4. The molecule has 2 saturated heterocycles. The second-order valence-corrected chi connectivity index (χ2v) is 6.77. The van der Waals surface area contributed by atoms with Gasteiger partial charge in [-0.1, -0.05) is 6.07 Å². The third-order valence-corrected chi connectivity index (χ3v) is 5.24. The summed E-state index contributed by atoms with van der Waals surface area (Å²) >= 11 is 0. The number of hydrogen-bond acceptors (Lipinski definition) is 4. The van der Waals surface area contributed by atoms with E-state index in [0.717, 1.165) is 11.1 Å². The summed E-state index contributed by atoms with van der Waals surface area (Å²) in [5, 5.41) is 0. The van der Waals surface area contributed by atoms with Crippen molar-refractivity contribution in [1.29, 1.82) is 0 Å². The Morgan fingerprint density at radius 2 is 1.79 bits per heavy atom. The average molecular weight is 329 g/mol. The lowest BCUT2D eigenvalue weighted by atomic mass is 9.95. The zero-order valence-corrected chi connectivity index (χ0v) is 14.1. The third-order valence-electron chi connectivity index (χ3n) is 5.24. The van der Waals surface area contributed by atoms with E-state index in [1.807, 2.05) is 36.9 Å². The van der Waals surface area contributed by atoms with Gasteiger partial charge < -0.3 is 5.73 Å². The van der Waals surface area contributed by atoms with E-state index < -0.39 is 6.04 Å². The summed E-state index contributed by atoms with van der Waals surface area (Å²) in [6.07, 6.45) is 1.50. The molecule has 3 amide bonds. The maximum atomic E-state index is 12.8. The molecule has 0 spiro atoms. The Morgan fingerprint density at radius 3 is 2.38 bits per heavy atom. The number of nitrogens with zero attached hydrogens (tertiary/aromatic N) is 2. The van der Waals surface area contributed by atoms with E-state index in [2.05, 4.69) is 0 Å². The van der Waals surface area contributed by atoms with Crippen molar-refractivity contribution >= 4 is 23.4 Å². The van der Waals surface area contributed by atoms with Gasteiger partial charge in [-0.2, -0.15) is 0 Å². The SMILES string of the molecule is Cc1ccc(N2C(=O)C[C@@H](N3CCC(C(N)=O)CC3)C2=O)cc1C. The first-order valence-electron chi connectivity index (χ1n) is 8.36. The average Bonchev–Trinajstić information content (AvgIpc) is 2.85. The second-order valence-electron chi connectivity index (χ2n) is 6.77. The summed E-state index contributed by atoms with van der Waals surface area (Å²) in [6, 6.07) is 5.21. The van der Waals surface area contributed by atoms with Gasteiger partial charge in [-0.05, 0) is 63.0 Å². The molecule has 0 unspecified atom stereocenters. The Bertz CT molecular complexity index is 693. The Balaban J connectivity index is 1.75. The summed E-state index contributed by atoms with van der Waals surface area (Å²) in [7, 11) is 0. The molecule has 2 aliphatic heterocycles. The molecule has 1 atom stereocenters. The maximum absolute atomic E-state index is 12.8. The lowest BCUT2D eigenvalue weighted by Crippen LogP contribution is -2.47. The van der Waals surface area contributed by atoms with Crippen molar-refractivity contribution in [3.63, 3.8) is 0 Å². The number of primary amides is 1. The van der Waals surface area contributed by atoms with E-state index in [1.165, 1.54) is 4.90 Å². The predicted octanol–water partition coefficient (Wildman–Crippen LogP) is 1.13. The van der Waals surface area contributed by atoms with Crippen molar-refractivity contribution in [3.05, 3.63) is 29.3 Å². The monoisotopic (exact) mass is 329 g/mol. The molecule has 2 aliphatic rings. The van der Waals surface area contributed by atoms with Crippen LogP contribution in [-0.4, -0.2) is 41.8 Å². The van der Waals surface area contributed by atoms with Crippen molar-refractivity contribution in [2.75, 3.05) is 18.0 Å². The minimum Gasteiger partial charge on any atom is -0.369 e. The molecule has 0 bridgehead atoms. The smallest absolute Gasteiger partial charge is 0.251 e. The molecule has 2 heterocycles. The number of anilines is 1. The molecule has 2 fully saturated rings. The number of aryl methyl sites for hydroxylation is 2. The molecule has 1 aromatic rings. The van der Waals surface area contributed by atoms with Gasteiger partial charge in [-0.15, -0.1) is 0 Å². The molecular formula is C18H23N3O3. The van der Waals surface area contributed by atoms with E-state index in [1.54, 1.807) is 0 Å². The maximum Gasteiger partial charge on any atom is 0.251 e. The molecule has 0 radical (unpaired) electrons.